The molecule has 7 nitrogen and oxygen atoms in total. The molecular formula is C20H20N4O3. The molecule has 0 bridgehead atoms. The summed E-state index contributed by atoms with van der Waals surface area (Å²) in [4.78, 5) is 19.3. The first-order chi connectivity index (χ1) is 13.0. The Hall–Kier alpha value is -3.61. The zero-order valence-electron chi connectivity index (χ0n) is 15.0. The Bertz CT molecular complexity index is 909. The Kier molecular flexibility index (Phi) is 5.51. The van der Waals surface area contributed by atoms with E-state index in [9.17, 15) is 4.79 Å². The number of rotatable bonds is 7. The van der Waals surface area contributed by atoms with Crippen molar-refractivity contribution < 1.29 is 14.6 Å². The maximum absolute atomic E-state index is 10.9. The fraction of sp³-hybridized carbons (Fsp3) is 0.150. The van der Waals surface area contributed by atoms with Gasteiger partial charge in [0.15, 0.2) is 0 Å². The van der Waals surface area contributed by atoms with Crippen molar-refractivity contribution in [1.82, 2.24) is 9.97 Å². The summed E-state index contributed by atoms with van der Waals surface area (Å²) in [6.07, 6.45) is 1.58. The standard InChI is InChI=1S/C20H20N4O3/c1-13(2)27-17-9-7-16(8-10-17)24-19-11-18(21-12-22-19)23-15-5-3-14(4-6-15)20(25)26/h3-13H,1-2H3,(H,25,26)(H2,21,22,23,24). The normalized spacial score (nSPS) is 10.5. The van der Waals surface area contributed by atoms with Crippen LogP contribution in [0.1, 0.15) is 24.2 Å². The molecule has 3 N–H and O–H groups in total. The molecule has 0 fully saturated rings. The molecule has 0 spiro atoms. The van der Waals surface area contributed by atoms with Crippen LogP contribution in [-0.4, -0.2) is 27.1 Å². The lowest BCUT2D eigenvalue weighted by Gasteiger charge is -2.11. The molecule has 7 heteroatoms. The number of ether oxygens (including phenoxy) is 1. The van der Waals surface area contributed by atoms with Crippen LogP contribution in [0.15, 0.2) is 60.9 Å². The van der Waals surface area contributed by atoms with E-state index in [2.05, 4.69) is 20.6 Å². The lowest BCUT2D eigenvalue weighted by Crippen LogP contribution is -2.05. The Morgan fingerprint density at radius 2 is 1.44 bits per heavy atom. The highest BCUT2D eigenvalue weighted by Gasteiger charge is 2.04. The second kappa shape index (κ2) is 8.18. The molecular weight excluding hydrogens is 344 g/mol. The first-order valence-electron chi connectivity index (χ1n) is 8.46. The number of aromatic nitrogens is 2. The summed E-state index contributed by atoms with van der Waals surface area (Å²) in [5, 5.41) is 15.3. The Balaban J connectivity index is 1.67. The summed E-state index contributed by atoms with van der Waals surface area (Å²) >= 11 is 0. The monoisotopic (exact) mass is 364 g/mol. The fourth-order valence-electron chi connectivity index (χ4n) is 2.37. The number of aromatic carboxylic acids is 1. The molecule has 0 radical (unpaired) electrons. The lowest BCUT2D eigenvalue weighted by molar-refractivity contribution is 0.0697. The van der Waals surface area contributed by atoms with Crippen LogP contribution in [-0.2, 0) is 0 Å². The number of nitrogens with one attached hydrogen (secondary N) is 2. The average molecular weight is 364 g/mol. The third-order valence-electron chi connectivity index (χ3n) is 3.57. The van der Waals surface area contributed by atoms with Gasteiger partial charge in [0.2, 0.25) is 0 Å². The molecule has 0 amide bonds. The van der Waals surface area contributed by atoms with Gasteiger partial charge in [0.05, 0.1) is 11.7 Å². The van der Waals surface area contributed by atoms with E-state index in [-0.39, 0.29) is 11.7 Å². The van der Waals surface area contributed by atoms with E-state index in [0.29, 0.717) is 11.6 Å². The van der Waals surface area contributed by atoms with Crippen molar-refractivity contribution in [2.24, 2.45) is 0 Å². The van der Waals surface area contributed by atoms with Crippen molar-refractivity contribution in [3.8, 4) is 5.75 Å². The highest BCUT2D eigenvalue weighted by molar-refractivity contribution is 5.88. The van der Waals surface area contributed by atoms with E-state index in [1.54, 1.807) is 18.2 Å². The topological polar surface area (TPSA) is 96.4 Å². The SMILES string of the molecule is CC(C)Oc1ccc(Nc2cc(Nc3ccc(C(=O)O)cc3)ncn2)cc1. The molecule has 0 saturated heterocycles. The second-order valence-electron chi connectivity index (χ2n) is 6.11. The molecule has 1 aromatic heterocycles. The number of benzene rings is 2. The van der Waals surface area contributed by atoms with E-state index in [1.807, 2.05) is 38.1 Å². The fourth-order valence-corrected chi connectivity index (χ4v) is 2.37. The summed E-state index contributed by atoms with van der Waals surface area (Å²) in [5.41, 5.74) is 1.84. The number of anilines is 4. The van der Waals surface area contributed by atoms with Gasteiger partial charge in [0, 0.05) is 17.4 Å². The molecule has 0 aliphatic heterocycles. The average Bonchev–Trinajstić information content (AvgIpc) is 2.64. The zero-order chi connectivity index (χ0) is 19.2. The number of nitrogens with zero attached hydrogens (tertiary/aromatic N) is 2. The molecule has 3 rings (SSSR count). The van der Waals surface area contributed by atoms with Crippen LogP contribution < -0.4 is 15.4 Å². The summed E-state index contributed by atoms with van der Waals surface area (Å²) in [7, 11) is 0. The van der Waals surface area contributed by atoms with Crippen LogP contribution in [0.2, 0.25) is 0 Å². The molecule has 0 saturated carbocycles. The highest BCUT2D eigenvalue weighted by Crippen LogP contribution is 2.22. The third kappa shape index (κ3) is 5.18. The van der Waals surface area contributed by atoms with Gasteiger partial charge in [-0.15, -0.1) is 0 Å². The van der Waals surface area contributed by atoms with E-state index >= 15 is 0 Å². The van der Waals surface area contributed by atoms with Crippen molar-refractivity contribution in [3.63, 3.8) is 0 Å². The Morgan fingerprint density at radius 3 is 1.93 bits per heavy atom. The smallest absolute Gasteiger partial charge is 0.335 e. The largest absolute Gasteiger partial charge is 0.491 e. The van der Waals surface area contributed by atoms with Crippen LogP contribution >= 0.6 is 0 Å². The van der Waals surface area contributed by atoms with Gasteiger partial charge < -0.3 is 20.5 Å². The maximum atomic E-state index is 10.9. The summed E-state index contributed by atoms with van der Waals surface area (Å²) in [6, 6.07) is 15.8. The molecule has 1 heterocycles. The van der Waals surface area contributed by atoms with E-state index in [0.717, 1.165) is 17.1 Å². The van der Waals surface area contributed by atoms with E-state index < -0.39 is 5.97 Å². The quantitative estimate of drug-likeness (QED) is 0.570. The Labute approximate surface area is 157 Å². The third-order valence-corrected chi connectivity index (χ3v) is 3.57. The summed E-state index contributed by atoms with van der Waals surface area (Å²) in [5.74, 6) is 1.08. The van der Waals surface area contributed by atoms with Gasteiger partial charge in [-0.05, 0) is 62.4 Å². The van der Waals surface area contributed by atoms with Gasteiger partial charge in [-0.2, -0.15) is 0 Å². The molecule has 138 valence electrons. The molecule has 3 aromatic rings. The summed E-state index contributed by atoms with van der Waals surface area (Å²) in [6.45, 7) is 3.97. The molecule has 2 aromatic carbocycles. The highest BCUT2D eigenvalue weighted by atomic mass is 16.5. The van der Waals surface area contributed by atoms with Crippen molar-refractivity contribution in [1.29, 1.82) is 0 Å². The second-order valence-corrected chi connectivity index (χ2v) is 6.11. The zero-order valence-corrected chi connectivity index (χ0v) is 15.0. The van der Waals surface area contributed by atoms with Gasteiger partial charge in [-0.1, -0.05) is 0 Å². The predicted octanol–water partition coefficient (Wildman–Crippen LogP) is 4.45. The van der Waals surface area contributed by atoms with Gasteiger partial charge in [0.25, 0.3) is 0 Å². The minimum absolute atomic E-state index is 0.129. The minimum atomic E-state index is -0.958. The first-order valence-corrected chi connectivity index (χ1v) is 8.46. The van der Waals surface area contributed by atoms with Gasteiger partial charge >= 0.3 is 5.97 Å². The molecule has 27 heavy (non-hydrogen) atoms. The maximum Gasteiger partial charge on any atom is 0.335 e. The molecule has 0 aliphatic carbocycles. The van der Waals surface area contributed by atoms with Crippen molar-refractivity contribution in [2.45, 2.75) is 20.0 Å². The lowest BCUT2D eigenvalue weighted by atomic mass is 10.2. The van der Waals surface area contributed by atoms with Crippen molar-refractivity contribution >= 4 is 29.0 Å². The van der Waals surface area contributed by atoms with Crippen LogP contribution in [0, 0.1) is 0 Å². The van der Waals surface area contributed by atoms with Crippen molar-refractivity contribution in [2.75, 3.05) is 10.6 Å². The minimum Gasteiger partial charge on any atom is -0.491 e. The number of hydrogen-bond acceptors (Lipinski definition) is 6. The van der Waals surface area contributed by atoms with Gasteiger partial charge in [-0.3, -0.25) is 0 Å². The van der Waals surface area contributed by atoms with Crippen LogP contribution in [0.4, 0.5) is 23.0 Å². The van der Waals surface area contributed by atoms with Gasteiger partial charge in [0.1, 0.15) is 23.7 Å². The molecule has 0 unspecified atom stereocenters. The Morgan fingerprint density at radius 1 is 0.926 bits per heavy atom. The van der Waals surface area contributed by atoms with E-state index in [4.69, 9.17) is 9.84 Å². The molecule has 0 aliphatic rings. The van der Waals surface area contributed by atoms with E-state index in [1.165, 1.54) is 18.5 Å². The predicted molar refractivity (Wildman–Crippen MR) is 104 cm³/mol. The number of carboxylic acid groups (broad SMARTS) is 1. The number of hydrogen-bond donors (Lipinski definition) is 3. The first kappa shape index (κ1) is 18.2. The van der Waals surface area contributed by atoms with Crippen LogP contribution in [0.25, 0.3) is 0 Å². The number of carboxylic acids is 1. The van der Waals surface area contributed by atoms with Crippen molar-refractivity contribution in [3.05, 3.63) is 66.5 Å². The van der Waals surface area contributed by atoms with Gasteiger partial charge in [-0.25, -0.2) is 14.8 Å². The molecule has 0 atom stereocenters. The van der Waals surface area contributed by atoms with Crippen LogP contribution in [0.3, 0.4) is 0 Å². The number of carbonyl (C=O) groups is 1. The summed E-state index contributed by atoms with van der Waals surface area (Å²) < 4.78 is 5.63. The van der Waals surface area contributed by atoms with Crippen LogP contribution in [0.5, 0.6) is 5.75 Å².